The smallest absolute Gasteiger partial charge is 0.182 e. The largest absolute Gasteiger partial charge is 0.357 e. The molecule has 4 nitrogen and oxygen atoms in total. The van der Waals surface area contributed by atoms with Crippen LogP contribution in [0.1, 0.15) is 10.4 Å². The van der Waals surface area contributed by atoms with E-state index in [-0.39, 0.29) is 11.1 Å². The molecule has 1 aromatic carbocycles. The van der Waals surface area contributed by atoms with Crippen LogP contribution in [0.5, 0.6) is 0 Å². The van der Waals surface area contributed by atoms with Crippen molar-refractivity contribution in [1.29, 1.82) is 10.5 Å². The number of hydrogen-bond donors (Lipinski definition) is 1. The minimum atomic E-state index is -1.25. The number of halogens is 2. The molecule has 1 N–H and O–H groups in total. The van der Waals surface area contributed by atoms with E-state index in [1.807, 2.05) is 0 Å². The minimum absolute atomic E-state index is 0.115. The van der Waals surface area contributed by atoms with E-state index in [0.29, 0.717) is 6.29 Å². The topological polar surface area (TPSA) is 76.7 Å². The van der Waals surface area contributed by atoms with Gasteiger partial charge in [-0.1, -0.05) is 0 Å². The molecule has 0 unspecified atom stereocenters. The maximum Gasteiger partial charge on any atom is 0.182 e. The summed E-state index contributed by atoms with van der Waals surface area (Å²) in [7, 11) is 0. The summed E-state index contributed by atoms with van der Waals surface area (Å²) in [6, 6.07) is 4.95. The highest BCUT2D eigenvalue weighted by atomic mass is 19.2. The first-order chi connectivity index (χ1) is 8.13. The fourth-order valence-corrected chi connectivity index (χ4v) is 1.04. The lowest BCUT2D eigenvalue weighted by molar-refractivity contribution is 0.112. The Balaban J connectivity index is 3.19. The van der Waals surface area contributed by atoms with Crippen LogP contribution in [0, 0.1) is 34.3 Å². The van der Waals surface area contributed by atoms with Crippen molar-refractivity contribution in [2.24, 2.45) is 0 Å². The summed E-state index contributed by atoms with van der Waals surface area (Å²) in [5, 5.41) is 19.1. The molecule has 0 radical (unpaired) electrons. The van der Waals surface area contributed by atoms with Crippen molar-refractivity contribution in [1.82, 2.24) is 0 Å². The Labute approximate surface area is 95.4 Å². The Hall–Kier alpha value is -2.73. The number of hydrogen-bond acceptors (Lipinski definition) is 4. The molecule has 0 aliphatic rings. The summed E-state index contributed by atoms with van der Waals surface area (Å²) < 4.78 is 26.2. The van der Waals surface area contributed by atoms with Gasteiger partial charge in [-0.25, -0.2) is 8.78 Å². The van der Waals surface area contributed by atoms with Crippen molar-refractivity contribution in [3.05, 3.63) is 41.1 Å². The van der Waals surface area contributed by atoms with Gasteiger partial charge in [0.25, 0.3) is 0 Å². The number of allylic oxidation sites excluding steroid dienone is 1. The van der Waals surface area contributed by atoms with Crippen LogP contribution < -0.4 is 5.32 Å². The average molecular weight is 233 g/mol. The van der Waals surface area contributed by atoms with E-state index in [1.54, 1.807) is 0 Å². The lowest BCUT2D eigenvalue weighted by Gasteiger charge is -2.06. The number of carbonyl (C=O) groups excluding carboxylic acids is 1. The van der Waals surface area contributed by atoms with Crippen LogP contribution in [0.25, 0.3) is 0 Å². The van der Waals surface area contributed by atoms with E-state index >= 15 is 0 Å². The Morgan fingerprint density at radius 1 is 1.29 bits per heavy atom. The van der Waals surface area contributed by atoms with Crippen molar-refractivity contribution in [3.8, 4) is 12.1 Å². The van der Waals surface area contributed by atoms with E-state index < -0.39 is 17.3 Å². The van der Waals surface area contributed by atoms with Crippen molar-refractivity contribution in [2.75, 3.05) is 5.32 Å². The first kappa shape index (κ1) is 12.3. The number of nitrogens with one attached hydrogen (secondary N) is 1. The zero-order valence-electron chi connectivity index (χ0n) is 8.37. The van der Waals surface area contributed by atoms with Gasteiger partial charge in [0.2, 0.25) is 0 Å². The number of rotatable bonds is 3. The molecule has 17 heavy (non-hydrogen) atoms. The van der Waals surface area contributed by atoms with Gasteiger partial charge in [0, 0.05) is 11.8 Å². The molecule has 0 amide bonds. The quantitative estimate of drug-likeness (QED) is 0.640. The molecule has 0 atom stereocenters. The molecule has 0 heterocycles. The molecule has 0 aliphatic heterocycles. The summed E-state index contributed by atoms with van der Waals surface area (Å²) in [6.45, 7) is 0. The first-order valence-electron chi connectivity index (χ1n) is 4.34. The van der Waals surface area contributed by atoms with Crippen LogP contribution in [0.15, 0.2) is 23.9 Å². The lowest BCUT2D eigenvalue weighted by atomic mass is 10.2. The zero-order chi connectivity index (χ0) is 12.8. The Morgan fingerprint density at radius 2 is 1.94 bits per heavy atom. The molecule has 0 aliphatic carbocycles. The van der Waals surface area contributed by atoms with E-state index in [1.165, 1.54) is 12.1 Å². The van der Waals surface area contributed by atoms with Crippen molar-refractivity contribution in [3.63, 3.8) is 0 Å². The molecular weight excluding hydrogens is 228 g/mol. The highest BCUT2D eigenvalue weighted by Crippen LogP contribution is 2.21. The van der Waals surface area contributed by atoms with Gasteiger partial charge in [-0.3, -0.25) is 4.79 Å². The van der Waals surface area contributed by atoms with Crippen molar-refractivity contribution < 1.29 is 13.6 Å². The highest BCUT2D eigenvalue weighted by molar-refractivity contribution is 5.84. The molecular formula is C11H5F2N3O. The number of anilines is 1. The Morgan fingerprint density at radius 3 is 2.47 bits per heavy atom. The summed E-state index contributed by atoms with van der Waals surface area (Å²) in [5.41, 5.74) is -0.858. The SMILES string of the molecule is N#CC(C#N)=CNc1c(C=O)ccc(F)c1F. The molecule has 0 fully saturated rings. The highest BCUT2D eigenvalue weighted by Gasteiger charge is 2.12. The third-order valence-electron chi connectivity index (χ3n) is 1.86. The Kier molecular flexibility index (Phi) is 3.91. The third kappa shape index (κ3) is 2.64. The first-order valence-corrected chi connectivity index (χ1v) is 4.34. The van der Waals surface area contributed by atoms with Crippen LogP contribution in [-0.2, 0) is 0 Å². The molecule has 1 rings (SSSR count). The summed E-state index contributed by atoms with van der Waals surface area (Å²) in [5.74, 6) is -2.39. The second kappa shape index (κ2) is 5.38. The maximum atomic E-state index is 13.3. The van der Waals surface area contributed by atoms with Gasteiger partial charge in [-0.05, 0) is 12.1 Å². The molecule has 84 valence electrons. The van der Waals surface area contributed by atoms with Crippen LogP contribution in [0.4, 0.5) is 14.5 Å². The van der Waals surface area contributed by atoms with Crippen LogP contribution >= 0.6 is 0 Å². The predicted octanol–water partition coefficient (Wildman–Crippen LogP) is 2.12. The van der Waals surface area contributed by atoms with E-state index in [0.717, 1.165) is 18.3 Å². The van der Waals surface area contributed by atoms with Gasteiger partial charge in [0.15, 0.2) is 17.9 Å². The van der Waals surface area contributed by atoms with Crippen LogP contribution in [0.3, 0.4) is 0 Å². The molecule has 1 aromatic rings. The van der Waals surface area contributed by atoms with Gasteiger partial charge in [-0.2, -0.15) is 10.5 Å². The average Bonchev–Trinajstić information content (AvgIpc) is 2.35. The van der Waals surface area contributed by atoms with Gasteiger partial charge in [0.05, 0.1) is 5.69 Å². The molecule has 0 aromatic heterocycles. The van der Waals surface area contributed by atoms with Crippen LogP contribution in [0.2, 0.25) is 0 Å². The molecule has 0 bridgehead atoms. The second-order valence-corrected chi connectivity index (χ2v) is 2.87. The number of aldehydes is 1. The molecule has 0 saturated heterocycles. The van der Waals surface area contributed by atoms with Crippen molar-refractivity contribution in [2.45, 2.75) is 0 Å². The standard InChI is InChI=1S/C11H5F2N3O/c12-9-2-1-8(6-17)11(10(9)13)16-5-7(3-14)4-15/h1-2,5-6,16H. The summed E-state index contributed by atoms with van der Waals surface area (Å²) in [6.07, 6.45) is 1.22. The van der Waals surface area contributed by atoms with E-state index in [9.17, 15) is 13.6 Å². The summed E-state index contributed by atoms with van der Waals surface area (Å²) >= 11 is 0. The van der Waals surface area contributed by atoms with E-state index in [4.69, 9.17) is 10.5 Å². The maximum absolute atomic E-state index is 13.3. The molecule has 0 spiro atoms. The van der Waals surface area contributed by atoms with Gasteiger partial charge < -0.3 is 5.32 Å². The molecule has 0 saturated carbocycles. The third-order valence-corrected chi connectivity index (χ3v) is 1.86. The second-order valence-electron chi connectivity index (χ2n) is 2.87. The van der Waals surface area contributed by atoms with Gasteiger partial charge >= 0.3 is 0 Å². The number of nitriles is 2. The zero-order valence-corrected chi connectivity index (χ0v) is 8.37. The van der Waals surface area contributed by atoms with Crippen LogP contribution in [-0.4, -0.2) is 6.29 Å². The van der Waals surface area contributed by atoms with Gasteiger partial charge in [-0.15, -0.1) is 0 Å². The Bertz CT molecular complexity index is 551. The number of benzene rings is 1. The normalized spacial score (nSPS) is 8.71. The van der Waals surface area contributed by atoms with Gasteiger partial charge in [0.1, 0.15) is 17.7 Å². The lowest BCUT2D eigenvalue weighted by Crippen LogP contribution is -2.00. The molecule has 6 heteroatoms. The predicted molar refractivity (Wildman–Crippen MR) is 54.7 cm³/mol. The minimum Gasteiger partial charge on any atom is -0.357 e. The summed E-state index contributed by atoms with van der Waals surface area (Å²) in [4.78, 5) is 10.6. The monoisotopic (exact) mass is 233 g/mol. The fourth-order valence-electron chi connectivity index (χ4n) is 1.04. The fraction of sp³-hybridized carbons (Fsp3) is 0. The number of nitrogens with zero attached hydrogens (tertiary/aromatic N) is 2. The number of carbonyl (C=O) groups is 1. The van der Waals surface area contributed by atoms with E-state index in [2.05, 4.69) is 5.32 Å². The van der Waals surface area contributed by atoms with Crippen molar-refractivity contribution >= 4 is 12.0 Å².